The van der Waals surface area contributed by atoms with Crippen LogP contribution in [0.4, 0.5) is 16.5 Å². The number of benzene rings is 2. The van der Waals surface area contributed by atoms with Crippen LogP contribution in [-0.2, 0) is 4.79 Å². The molecule has 31 heavy (non-hydrogen) atoms. The van der Waals surface area contributed by atoms with E-state index in [1.165, 1.54) is 29.5 Å². The van der Waals surface area contributed by atoms with Crippen molar-refractivity contribution in [2.45, 2.75) is 26.2 Å². The topological polar surface area (TPSA) is 118 Å². The molecule has 0 bridgehead atoms. The molecule has 1 aromatic heterocycles. The van der Waals surface area contributed by atoms with Gasteiger partial charge in [-0.2, -0.15) is 0 Å². The highest BCUT2D eigenvalue weighted by Crippen LogP contribution is 2.35. The number of carbonyl (C=O) groups is 2. The lowest BCUT2D eigenvalue weighted by molar-refractivity contribution is -0.385. The lowest BCUT2D eigenvalue weighted by Crippen LogP contribution is -2.24. The number of nitro benzene ring substituents is 1. The van der Waals surface area contributed by atoms with E-state index in [-0.39, 0.29) is 28.2 Å². The van der Waals surface area contributed by atoms with Crippen molar-refractivity contribution in [3.05, 3.63) is 74.3 Å². The van der Waals surface area contributed by atoms with Crippen molar-refractivity contribution < 1.29 is 14.5 Å². The van der Waals surface area contributed by atoms with Gasteiger partial charge >= 0.3 is 0 Å². The Bertz CT molecular complexity index is 1170. The Kier molecular flexibility index (Phi) is 5.47. The van der Waals surface area contributed by atoms with Gasteiger partial charge in [0.15, 0.2) is 0 Å². The standard InChI is InChI=1S/C21H19N5O4S/c1-12-7-13(2)9-15(8-12)25-11-14(10-18(25)27)20-23-24-21(31-20)22-19(28)16-5-3-4-6-17(16)26(29)30/h3-9,14H,10-11H2,1-2H3,(H,22,24,28). The van der Waals surface area contributed by atoms with Crippen LogP contribution in [0.2, 0.25) is 0 Å². The third-order valence-corrected chi connectivity index (χ3v) is 6.00. The van der Waals surface area contributed by atoms with Crippen LogP contribution in [0.25, 0.3) is 0 Å². The van der Waals surface area contributed by atoms with E-state index >= 15 is 0 Å². The highest BCUT2D eigenvalue weighted by atomic mass is 32.1. The van der Waals surface area contributed by atoms with Gasteiger partial charge in [0.25, 0.3) is 11.6 Å². The molecule has 2 amide bonds. The molecule has 0 radical (unpaired) electrons. The Hall–Kier alpha value is -3.66. The molecule has 158 valence electrons. The first-order valence-corrected chi connectivity index (χ1v) is 10.4. The minimum Gasteiger partial charge on any atom is -0.312 e. The number of nitrogens with zero attached hydrogens (tertiary/aromatic N) is 4. The van der Waals surface area contributed by atoms with Gasteiger partial charge in [0.2, 0.25) is 11.0 Å². The zero-order chi connectivity index (χ0) is 22.1. The van der Waals surface area contributed by atoms with E-state index in [1.807, 2.05) is 26.0 Å². The lowest BCUT2D eigenvalue weighted by Gasteiger charge is -2.17. The number of rotatable bonds is 5. The molecule has 2 heterocycles. The fraction of sp³-hybridized carbons (Fsp3) is 0.238. The van der Waals surface area contributed by atoms with Crippen LogP contribution in [-0.4, -0.2) is 33.5 Å². The number of amides is 2. The molecule has 1 N–H and O–H groups in total. The molecule has 0 aliphatic carbocycles. The summed E-state index contributed by atoms with van der Waals surface area (Å²) in [4.78, 5) is 37.4. The zero-order valence-electron chi connectivity index (χ0n) is 16.9. The maximum atomic E-state index is 12.6. The first-order chi connectivity index (χ1) is 14.8. The lowest BCUT2D eigenvalue weighted by atomic mass is 10.1. The van der Waals surface area contributed by atoms with Gasteiger partial charge in [0, 0.05) is 30.6 Å². The first-order valence-electron chi connectivity index (χ1n) is 9.58. The number of anilines is 2. The number of hydrogen-bond acceptors (Lipinski definition) is 7. The molecule has 3 aromatic rings. The van der Waals surface area contributed by atoms with Crippen LogP contribution in [0.1, 0.15) is 38.8 Å². The van der Waals surface area contributed by atoms with E-state index in [9.17, 15) is 19.7 Å². The summed E-state index contributed by atoms with van der Waals surface area (Å²) in [5.74, 6) is -0.757. The zero-order valence-corrected chi connectivity index (χ0v) is 17.7. The summed E-state index contributed by atoms with van der Waals surface area (Å²) in [7, 11) is 0. The van der Waals surface area contributed by atoms with Gasteiger partial charge < -0.3 is 4.90 Å². The number of nitrogens with one attached hydrogen (secondary N) is 1. The monoisotopic (exact) mass is 437 g/mol. The quantitative estimate of drug-likeness (QED) is 0.479. The van der Waals surface area contributed by atoms with Crippen molar-refractivity contribution in [3.8, 4) is 0 Å². The van der Waals surface area contributed by atoms with Crippen molar-refractivity contribution in [1.29, 1.82) is 0 Å². The summed E-state index contributed by atoms with van der Waals surface area (Å²) >= 11 is 1.17. The molecular weight excluding hydrogens is 418 g/mol. The van der Waals surface area contributed by atoms with Crippen LogP contribution in [0, 0.1) is 24.0 Å². The summed E-state index contributed by atoms with van der Waals surface area (Å²) in [6.07, 6.45) is 0.305. The maximum Gasteiger partial charge on any atom is 0.282 e. The first kappa shape index (κ1) is 20.6. The van der Waals surface area contributed by atoms with Gasteiger partial charge in [0.05, 0.1) is 4.92 Å². The van der Waals surface area contributed by atoms with Crippen molar-refractivity contribution in [2.75, 3.05) is 16.8 Å². The predicted octanol–water partition coefficient (Wildman–Crippen LogP) is 3.84. The number of aromatic nitrogens is 2. The normalized spacial score (nSPS) is 15.9. The number of hydrogen-bond donors (Lipinski definition) is 1. The maximum absolute atomic E-state index is 12.6. The number of aryl methyl sites for hydroxylation is 2. The molecule has 4 rings (SSSR count). The summed E-state index contributed by atoms with van der Waals surface area (Å²) in [5.41, 5.74) is 2.69. The fourth-order valence-corrected chi connectivity index (χ4v) is 4.50. The molecule has 1 unspecified atom stereocenters. The largest absolute Gasteiger partial charge is 0.312 e. The minimum absolute atomic E-state index is 0.00990. The predicted molar refractivity (Wildman–Crippen MR) is 117 cm³/mol. The Morgan fingerprint density at radius 3 is 2.61 bits per heavy atom. The van der Waals surface area contributed by atoms with E-state index in [0.717, 1.165) is 16.8 Å². The summed E-state index contributed by atoms with van der Waals surface area (Å²) < 4.78 is 0. The second kappa shape index (κ2) is 8.23. The average Bonchev–Trinajstić information content (AvgIpc) is 3.33. The molecule has 9 nitrogen and oxygen atoms in total. The third-order valence-electron chi connectivity index (χ3n) is 5.00. The van der Waals surface area contributed by atoms with Gasteiger partial charge in [-0.05, 0) is 43.2 Å². The molecule has 1 aliphatic heterocycles. The summed E-state index contributed by atoms with van der Waals surface area (Å²) in [5, 5.41) is 22.7. The third kappa shape index (κ3) is 4.29. The fourth-order valence-electron chi connectivity index (χ4n) is 3.67. The molecule has 2 aromatic carbocycles. The van der Waals surface area contributed by atoms with Crippen molar-refractivity contribution in [3.63, 3.8) is 0 Å². The second-order valence-electron chi connectivity index (χ2n) is 7.43. The van der Waals surface area contributed by atoms with Gasteiger partial charge in [-0.25, -0.2) is 0 Å². The summed E-state index contributed by atoms with van der Waals surface area (Å²) in [6, 6.07) is 11.7. The molecule has 1 fully saturated rings. The molecule has 10 heteroatoms. The molecule has 0 saturated carbocycles. The van der Waals surface area contributed by atoms with Gasteiger partial charge in [-0.3, -0.25) is 25.0 Å². The SMILES string of the molecule is Cc1cc(C)cc(N2CC(c3nnc(NC(=O)c4ccccc4[N+](=O)[O-])s3)CC2=O)c1. The molecule has 0 spiro atoms. The smallest absolute Gasteiger partial charge is 0.282 e. The van der Waals surface area contributed by atoms with E-state index < -0.39 is 10.8 Å². The van der Waals surface area contributed by atoms with E-state index in [2.05, 4.69) is 21.6 Å². The van der Waals surface area contributed by atoms with Gasteiger partial charge in [-0.1, -0.05) is 29.5 Å². The number of nitro groups is 1. The van der Waals surface area contributed by atoms with Crippen LogP contribution in [0.5, 0.6) is 0 Å². The van der Waals surface area contributed by atoms with Gasteiger partial charge in [0.1, 0.15) is 10.6 Å². The Morgan fingerprint density at radius 2 is 1.90 bits per heavy atom. The van der Waals surface area contributed by atoms with Crippen molar-refractivity contribution in [1.82, 2.24) is 10.2 Å². The Morgan fingerprint density at radius 1 is 1.19 bits per heavy atom. The van der Waals surface area contributed by atoms with E-state index in [1.54, 1.807) is 11.0 Å². The minimum atomic E-state index is -0.630. The number of carbonyl (C=O) groups excluding carboxylic acids is 2. The second-order valence-corrected chi connectivity index (χ2v) is 8.43. The highest BCUT2D eigenvalue weighted by Gasteiger charge is 2.34. The van der Waals surface area contributed by atoms with Crippen LogP contribution < -0.4 is 10.2 Å². The molecule has 1 saturated heterocycles. The van der Waals surface area contributed by atoms with Gasteiger partial charge in [-0.15, -0.1) is 10.2 Å². The molecule has 1 aliphatic rings. The van der Waals surface area contributed by atoms with E-state index in [0.29, 0.717) is 18.0 Å². The highest BCUT2D eigenvalue weighted by molar-refractivity contribution is 7.15. The molecular formula is C21H19N5O4S. The van der Waals surface area contributed by atoms with Crippen LogP contribution in [0.3, 0.4) is 0 Å². The average molecular weight is 437 g/mol. The Balaban J connectivity index is 1.49. The van der Waals surface area contributed by atoms with Crippen LogP contribution >= 0.6 is 11.3 Å². The Labute approximate surface area is 181 Å². The number of para-hydroxylation sites is 1. The summed E-state index contributed by atoms with van der Waals surface area (Å²) in [6.45, 7) is 4.46. The van der Waals surface area contributed by atoms with E-state index in [4.69, 9.17) is 0 Å². The van der Waals surface area contributed by atoms with Crippen LogP contribution in [0.15, 0.2) is 42.5 Å². The van der Waals surface area contributed by atoms with Crippen molar-refractivity contribution in [2.24, 2.45) is 0 Å². The van der Waals surface area contributed by atoms with Crippen molar-refractivity contribution >= 4 is 39.7 Å². The molecule has 1 atom stereocenters.